The molecule has 5 heteroatoms. The van der Waals surface area contributed by atoms with Crippen LogP contribution in [-0.2, 0) is 16.1 Å². The number of benzene rings is 1. The number of nitrogens with one attached hydrogen (secondary N) is 1. The number of likely N-dealkylation sites (tertiary alicyclic amines) is 2. The molecule has 2 amide bonds. The van der Waals surface area contributed by atoms with Gasteiger partial charge in [-0.1, -0.05) is 30.3 Å². The maximum absolute atomic E-state index is 12.5. The molecule has 1 aromatic carbocycles. The Labute approximate surface area is 156 Å². The number of hydrogen-bond donors (Lipinski definition) is 1. The van der Waals surface area contributed by atoms with Gasteiger partial charge in [-0.05, 0) is 38.3 Å². The minimum atomic E-state index is 0.136. The van der Waals surface area contributed by atoms with Gasteiger partial charge in [-0.15, -0.1) is 0 Å². The number of rotatable bonds is 6. The van der Waals surface area contributed by atoms with Crippen LogP contribution in [0.3, 0.4) is 0 Å². The van der Waals surface area contributed by atoms with E-state index in [9.17, 15) is 9.59 Å². The second-order valence-corrected chi connectivity index (χ2v) is 7.82. The molecule has 0 bridgehead atoms. The highest BCUT2D eigenvalue weighted by atomic mass is 16.2. The molecule has 0 aromatic heterocycles. The predicted molar refractivity (Wildman–Crippen MR) is 103 cm³/mol. The molecule has 1 atom stereocenters. The zero-order valence-electron chi connectivity index (χ0n) is 15.9. The first-order chi connectivity index (χ1) is 12.6. The summed E-state index contributed by atoms with van der Waals surface area (Å²) in [7, 11) is 0. The lowest BCUT2D eigenvalue weighted by Crippen LogP contribution is -2.54. The fraction of sp³-hybridized carbons (Fsp3) is 0.619. The van der Waals surface area contributed by atoms with Crippen LogP contribution in [0, 0.1) is 5.41 Å². The highest BCUT2D eigenvalue weighted by Gasteiger charge is 2.41. The van der Waals surface area contributed by atoms with Gasteiger partial charge in [0, 0.05) is 51.0 Å². The van der Waals surface area contributed by atoms with Crippen LogP contribution < -0.4 is 5.32 Å². The third-order valence-corrected chi connectivity index (χ3v) is 5.73. The Morgan fingerprint density at radius 2 is 2.00 bits per heavy atom. The topological polar surface area (TPSA) is 52.7 Å². The van der Waals surface area contributed by atoms with E-state index in [1.54, 1.807) is 0 Å². The van der Waals surface area contributed by atoms with Crippen LogP contribution >= 0.6 is 0 Å². The number of carbonyl (C=O) groups is 2. The van der Waals surface area contributed by atoms with Gasteiger partial charge in [0.05, 0.1) is 0 Å². The predicted octanol–water partition coefficient (Wildman–Crippen LogP) is 2.42. The van der Waals surface area contributed by atoms with Crippen molar-refractivity contribution in [3.63, 3.8) is 0 Å². The number of amides is 2. The maximum Gasteiger partial charge on any atom is 0.222 e. The average Bonchev–Trinajstić information content (AvgIpc) is 2.65. The van der Waals surface area contributed by atoms with E-state index in [1.165, 1.54) is 12.0 Å². The molecular weight excluding hydrogens is 326 g/mol. The monoisotopic (exact) mass is 357 g/mol. The fourth-order valence-corrected chi connectivity index (χ4v) is 4.43. The molecule has 142 valence electrons. The molecule has 0 aliphatic carbocycles. The zero-order valence-corrected chi connectivity index (χ0v) is 15.9. The van der Waals surface area contributed by atoms with Crippen LogP contribution in [0.4, 0.5) is 0 Å². The van der Waals surface area contributed by atoms with Crippen LogP contribution in [0.25, 0.3) is 0 Å². The van der Waals surface area contributed by atoms with E-state index < -0.39 is 0 Å². The van der Waals surface area contributed by atoms with Crippen LogP contribution in [0.5, 0.6) is 0 Å². The largest absolute Gasteiger partial charge is 0.356 e. The van der Waals surface area contributed by atoms with E-state index in [-0.39, 0.29) is 17.2 Å². The molecule has 5 nitrogen and oxygen atoms in total. The van der Waals surface area contributed by atoms with E-state index in [1.807, 2.05) is 30.0 Å². The Morgan fingerprint density at radius 3 is 2.77 bits per heavy atom. The summed E-state index contributed by atoms with van der Waals surface area (Å²) in [6.45, 7) is 7.09. The average molecular weight is 357 g/mol. The van der Waals surface area contributed by atoms with E-state index in [0.717, 1.165) is 39.0 Å². The summed E-state index contributed by atoms with van der Waals surface area (Å²) in [5.41, 5.74) is 1.39. The highest BCUT2D eigenvalue weighted by molar-refractivity contribution is 5.77. The molecule has 0 saturated carbocycles. The van der Waals surface area contributed by atoms with Crippen molar-refractivity contribution in [3.8, 4) is 0 Å². The summed E-state index contributed by atoms with van der Waals surface area (Å²) in [4.78, 5) is 28.7. The lowest BCUT2D eigenvalue weighted by molar-refractivity contribution is -0.140. The molecule has 2 saturated heterocycles. The second kappa shape index (κ2) is 8.67. The second-order valence-electron chi connectivity index (χ2n) is 7.82. The van der Waals surface area contributed by atoms with Crippen molar-refractivity contribution in [1.82, 2.24) is 15.1 Å². The molecule has 2 heterocycles. The van der Waals surface area contributed by atoms with Crippen molar-refractivity contribution in [3.05, 3.63) is 35.9 Å². The van der Waals surface area contributed by atoms with Gasteiger partial charge in [0.1, 0.15) is 0 Å². The van der Waals surface area contributed by atoms with Gasteiger partial charge >= 0.3 is 0 Å². The third kappa shape index (κ3) is 4.85. The van der Waals surface area contributed by atoms with Crippen molar-refractivity contribution in [2.45, 2.75) is 45.6 Å². The number of nitrogens with zero attached hydrogens (tertiary/aromatic N) is 2. The molecule has 1 spiro atoms. The highest BCUT2D eigenvalue weighted by Crippen LogP contribution is 2.39. The Hall–Kier alpha value is -1.88. The van der Waals surface area contributed by atoms with Crippen molar-refractivity contribution in [2.24, 2.45) is 5.41 Å². The molecule has 2 aliphatic heterocycles. The van der Waals surface area contributed by atoms with Crippen molar-refractivity contribution >= 4 is 11.8 Å². The first-order valence-electron chi connectivity index (χ1n) is 9.91. The van der Waals surface area contributed by atoms with Crippen molar-refractivity contribution < 1.29 is 9.59 Å². The lowest BCUT2D eigenvalue weighted by atomic mass is 9.73. The van der Waals surface area contributed by atoms with E-state index in [4.69, 9.17) is 0 Å². The van der Waals surface area contributed by atoms with E-state index >= 15 is 0 Å². The maximum atomic E-state index is 12.5. The molecule has 1 aromatic rings. The Morgan fingerprint density at radius 1 is 1.19 bits per heavy atom. The lowest BCUT2D eigenvalue weighted by Gasteiger charge is -2.48. The summed E-state index contributed by atoms with van der Waals surface area (Å²) in [6.07, 6.45) is 4.54. The summed E-state index contributed by atoms with van der Waals surface area (Å²) in [5.74, 6) is 0.413. The summed E-state index contributed by atoms with van der Waals surface area (Å²) < 4.78 is 0. The first kappa shape index (κ1) is 18.9. The summed E-state index contributed by atoms with van der Waals surface area (Å²) in [6, 6.07) is 10.3. The van der Waals surface area contributed by atoms with Gasteiger partial charge in [-0.2, -0.15) is 0 Å². The zero-order chi connectivity index (χ0) is 18.4. The van der Waals surface area contributed by atoms with Gasteiger partial charge in [-0.25, -0.2) is 0 Å². The van der Waals surface area contributed by atoms with Gasteiger partial charge in [0.15, 0.2) is 0 Å². The van der Waals surface area contributed by atoms with Crippen molar-refractivity contribution in [1.29, 1.82) is 0 Å². The Kier molecular flexibility index (Phi) is 6.30. The molecule has 0 unspecified atom stereocenters. The molecule has 1 N–H and O–H groups in total. The Balaban J connectivity index is 1.59. The minimum Gasteiger partial charge on any atom is -0.356 e. The quantitative estimate of drug-likeness (QED) is 0.851. The number of hydrogen-bond acceptors (Lipinski definition) is 3. The van der Waals surface area contributed by atoms with Gasteiger partial charge < -0.3 is 15.1 Å². The summed E-state index contributed by atoms with van der Waals surface area (Å²) in [5, 5.41) is 2.88. The van der Waals surface area contributed by atoms with Crippen LogP contribution in [0.1, 0.15) is 44.6 Å². The van der Waals surface area contributed by atoms with Gasteiger partial charge in [0.2, 0.25) is 11.8 Å². The van der Waals surface area contributed by atoms with Crippen LogP contribution in [0.2, 0.25) is 0 Å². The fourth-order valence-electron chi connectivity index (χ4n) is 4.43. The van der Waals surface area contributed by atoms with E-state index in [2.05, 4.69) is 22.3 Å². The third-order valence-electron chi connectivity index (χ3n) is 5.73. The van der Waals surface area contributed by atoms with Crippen LogP contribution in [0.15, 0.2) is 30.3 Å². The smallest absolute Gasteiger partial charge is 0.222 e. The standard InChI is InChI=1S/C21H31N3O2/c1-2-22-19(25)10-14-23-13-6-11-21(16-23)12-9-20(26)24(17-21)15-18-7-4-3-5-8-18/h3-5,7-8H,2,6,9-17H2,1H3,(H,22,25)/t21-/m1/s1. The van der Waals surface area contributed by atoms with Crippen LogP contribution in [-0.4, -0.2) is 54.3 Å². The molecular formula is C21H31N3O2. The first-order valence-corrected chi connectivity index (χ1v) is 9.91. The minimum absolute atomic E-state index is 0.136. The van der Waals surface area contributed by atoms with E-state index in [0.29, 0.717) is 25.9 Å². The van der Waals surface area contributed by atoms with Crippen molar-refractivity contribution in [2.75, 3.05) is 32.7 Å². The normalized spacial score (nSPS) is 24.0. The summed E-state index contributed by atoms with van der Waals surface area (Å²) >= 11 is 0. The number of carbonyl (C=O) groups excluding carboxylic acids is 2. The Bertz CT molecular complexity index is 619. The molecule has 2 fully saturated rings. The van der Waals surface area contributed by atoms with Gasteiger partial charge in [0.25, 0.3) is 0 Å². The SMILES string of the molecule is CCNC(=O)CCN1CCC[C@@]2(CCC(=O)N(Cc3ccccc3)C2)C1. The molecule has 26 heavy (non-hydrogen) atoms. The number of piperidine rings is 2. The molecule has 0 radical (unpaired) electrons. The molecule has 2 aliphatic rings. The van der Waals surface area contributed by atoms with Gasteiger partial charge in [-0.3, -0.25) is 9.59 Å². The molecule has 3 rings (SSSR count).